The molecule has 2 heterocycles. The second-order valence-electron chi connectivity index (χ2n) is 9.37. The molecular weight excluding hydrogens is 454 g/mol. The van der Waals surface area contributed by atoms with Gasteiger partial charge in [-0.3, -0.25) is 9.59 Å². The molecule has 1 aliphatic heterocycles. The van der Waals surface area contributed by atoms with Crippen LogP contribution in [0, 0.1) is 5.92 Å². The molecule has 8 heteroatoms. The summed E-state index contributed by atoms with van der Waals surface area (Å²) >= 11 is 0. The Balaban J connectivity index is 1.18. The summed E-state index contributed by atoms with van der Waals surface area (Å²) < 4.78 is 5.27. The molecule has 0 radical (unpaired) electrons. The topological polar surface area (TPSA) is 78.9 Å². The molecular formula is C28H31N5O3. The highest BCUT2D eigenvalue weighted by Gasteiger charge is 2.31. The second kappa shape index (κ2) is 10.8. The van der Waals surface area contributed by atoms with Crippen molar-refractivity contribution in [3.05, 3.63) is 72.3 Å². The van der Waals surface area contributed by atoms with Crippen LogP contribution < -0.4 is 9.64 Å². The van der Waals surface area contributed by atoms with E-state index in [4.69, 9.17) is 4.74 Å². The molecule has 3 aromatic rings. The molecule has 5 rings (SSSR count). The predicted octanol–water partition coefficient (Wildman–Crippen LogP) is 3.35. The summed E-state index contributed by atoms with van der Waals surface area (Å²) in [5.74, 6) is 1.79. The molecule has 2 fully saturated rings. The lowest BCUT2D eigenvalue weighted by Crippen LogP contribution is -2.52. The molecule has 2 aromatic carbocycles. The minimum atomic E-state index is -0.124. The van der Waals surface area contributed by atoms with Crippen LogP contribution in [0.3, 0.4) is 0 Å². The van der Waals surface area contributed by atoms with E-state index in [1.165, 1.54) is 0 Å². The first-order valence-corrected chi connectivity index (χ1v) is 12.5. The Morgan fingerprint density at radius 2 is 1.72 bits per heavy atom. The number of carbonyl (C=O) groups is 2. The molecule has 0 N–H and O–H groups in total. The number of amides is 2. The highest BCUT2D eigenvalue weighted by Crippen LogP contribution is 2.30. The average molecular weight is 486 g/mol. The highest BCUT2D eigenvalue weighted by atomic mass is 16.5. The first-order chi connectivity index (χ1) is 17.6. The smallest absolute Gasteiger partial charge is 0.254 e. The van der Waals surface area contributed by atoms with Gasteiger partial charge in [-0.2, -0.15) is 0 Å². The zero-order valence-electron chi connectivity index (χ0n) is 20.5. The van der Waals surface area contributed by atoms with Crippen molar-refractivity contribution in [1.29, 1.82) is 0 Å². The van der Waals surface area contributed by atoms with Gasteiger partial charge in [0.1, 0.15) is 12.3 Å². The van der Waals surface area contributed by atoms with Crippen molar-refractivity contribution in [3.8, 4) is 17.0 Å². The van der Waals surface area contributed by atoms with E-state index in [2.05, 4.69) is 15.1 Å². The predicted molar refractivity (Wildman–Crippen MR) is 138 cm³/mol. The standard InChI is InChI=1S/C28H31N5O3/c1-36-24-9-5-8-23(18-24)28(35)33(19-21-10-11-21)20-27(34)32-16-14-31(15-17-32)26-13-12-25(29-30-26)22-6-3-2-4-7-22/h2-9,12-13,18,21H,10-11,14-17,19-20H2,1H3. The minimum Gasteiger partial charge on any atom is -0.497 e. The number of nitrogens with zero attached hydrogens (tertiary/aromatic N) is 5. The summed E-state index contributed by atoms with van der Waals surface area (Å²) in [6.07, 6.45) is 2.22. The highest BCUT2D eigenvalue weighted by molar-refractivity contribution is 5.97. The van der Waals surface area contributed by atoms with Crippen molar-refractivity contribution >= 4 is 17.6 Å². The minimum absolute atomic E-state index is 0.0166. The zero-order valence-corrected chi connectivity index (χ0v) is 20.5. The van der Waals surface area contributed by atoms with Gasteiger partial charge in [-0.25, -0.2) is 0 Å². The molecule has 0 spiro atoms. The first-order valence-electron chi connectivity index (χ1n) is 12.5. The van der Waals surface area contributed by atoms with Gasteiger partial charge in [0.2, 0.25) is 5.91 Å². The summed E-state index contributed by atoms with van der Waals surface area (Å²) in [4.78, 5) is 32.1. The third-order valence-electron chi connectivity index (χ3n) is 6.78. The largest absolute Gasteiger partial charge is 0.497 e. The number of benzene rings is 2. The van der Waals surface area contributed by atoms with E-state index in [1.807, 2.05) is 53.4 Å². The van der Waals surface area contributed by atoms with Crippen LogP contribution in [-0.2, 0) is 4.79 Å². The fourth-order valence-corrected chi connectivity index (χ4v) is 4.48. The van der Waals surface area contributed by atoms with Crippen LogP contribution in [0.1, 0.15) is 23.2 Å². The van der Waals surface area contributed by atoms with Crippen molar-refractivity contribution in [2.75, 3.05) is 51.3 Å². The van der Waals surface area contributed by atoms with Crippen LogP contribution in [0.5, 0.6) is 5.75 Å². The van der Waals surface area contributed by atoms with E-state index >= 15 is 0 Å². The Kier molecular flexibility index (Phi) is 7.11. The van der Waals surface area contributed by atoms with Crippen molar-refractivity contribution in [1.82, 2.24) is 20.0 Å². The van der Waals surface area contributed by atoms with Crippen LogP contribution >= 0.6 is 0 Å². The fraction of sp³-hybridized carbons (Fsp3) is 0.357. The lowest BCUT2D eigenvalue weighted by Gasteiger charge is -2.36. The van der Waals surface area contributed by atoms with Crippen LogP contribution in [0.25, 0.3) is 11.3 Å². The van der Waals surface area contributed by atoms with Crippen LogP contribution in [-0.4, -0.2) is 78.2 Å². The number of anilines is 1. The summed E-state index contributed by atoms with van der Waals surface area (Å²) in [6.45, 7) is 3.25. The fourth-order valence-electron chi connectivity index (χ4n) is 4.48. The number of hydrogen-bond acceptors (Lipinski definition) is 6. The lowest BCUT2D eigenvalue weighted by atomic mass is 10.1. The van der Waals surface area contributed by atoms with E-state index in [1.54, 1.807) is 30.2 Å². The number of aromatic nitrogens is 2. The Hall–Kier alpha value is -3.94. The zero-order chi connectivity index (χ0) is 24.9. The van der Waals surface area contributed by atoms with Gasteiger partial charge in [0, 0.05) is 43.9 Å². The number of carbonyl (C=O) groups excluding carboxylic acids is 2. The van der Waals surface area contributed by atoms with Gasteiger partial charge in [-0.05, 0) is 49.1 Å². The number of ether oxygens (including phenoxy) is 1. The third kappa shape index (κ3) is 5.64. The molecule has 8 nitrogen and oxygen atoms in total. The molecule has 186 valence electrons. The summed E-state index contributed by atoms with van der Waals surface area (Å²) in [5.41, 5.74) is 2.42. The van der Waals surface area contributed by atoms with Gasteiger partial charge < -0.3 is 19.4 Å². The number of piperazine rings is 1. The second-order valence-corrected chi connectivity index (χ2v) is 9.37. The molecule has 1 saturated heterocycles. The van der Waals surface area contributed by atoms with E-state index < -0.39 is 0 Å². The van der Waals surface area contributed by atoms with E-state index in [-0.39, 0.29) is 18.4 Å². The molecule has 0 unspecified atom stereocenters. The molecule has 0 bridgehead atoms. The SMILES string of the molecule is COc1cccc(C(=O)N(CC(=O)N2CCN(c3ccc(-c4ccccc4)nn3)CC2)CC2CC2)c1. The summed E-state index contributed by atoms with van der Waals surface area (Å²) in [7, 11) is 1.58. The maximum atomic E-state index is 13.2. The average Bonchev–Trinajstić information content (AvgIpc) is 3.77. The molecule has 36 heavy (non-hydrogen) atoms. The Labute approximate surface area is 211 Å². The van der Waals surface area contributed by atoms with E-state index in [0.29, 0.717) is 50.0 Å². The van der Waals surface area contributed by atoms with Crippen molar-refractivity contribution < 1.29 is 14.3 Å². The van der Waals surface area contributed by atoms with Gasteiger partial charge in [0.25, 0.3) is 5.91 Å². The molecule has 1 aliphatic carbocycles. The number of hydrogen-bond donors (Lipinski definition) is 0. The normalized spacial score (nSPS) is 15.5. The molecule has 2 aliphatic rings. The van der Waals surface area contributed by atoms with Gasteiger partial charge in [-0.1, -0.05) is 36.4 Å². The quantitative estimate of drug-likeness (QED) is 0.487. The maximum Gasteiger partial charge on any atom is 0.254 e. The Morgan fingerprint density at radius 1 is 0.944 bits per heavy atom. The Morgan fingerprint density at radius 3 is 2.39 bits per heavy atom. The third-order valence-corrected chi connectivity index (χ3v) is 6.78. The van der Waals surface area contributed by atoms with Crippen LogP contribution in [0.4, 0.5) is 5.82 Å². The van der Waals surface area contributed by atoms with Crippen LogP contribution in [0.15, 0.2) is 66.7 Å². The van der Waals surface area contributed by atoms with Gasteiger partial charge in [-0.15, -0.1) is 10.2 Å². The van der Waals surface area contributed by atoms with Gasteiger partial charge in [0.15, 0.2) is 5.82 Å². The number of methoxy groups -OCH3 is 1. The summed E-state index contributed by atoms with van der Waals surface area (Å²) in [5, 5.41) is 8.80. The van der Waals surface area contributed by atoms with Crippen molar-refractivity contribution in [2.45, 2.75) is 12.8 Å². The van der Waals surface area contributed by atoms with Crippen LogP contribution in [0.2, 0.25) is 0 Å². The lowest BCUT2D eigenvalue weighted by molar-refractivity contribution is -0.132. The molecule has 1 saturated carbocycles. The van der Waals surface area contributed by atoms with Crippen molar-refractivity contribution in [3.63, 3.8) is 0 Å². The monoisotopic (exact) mass is 485 g/mol. The summed E-state index contributed by atoms with van der Waals surface area (Å²) in [6, 6.07) is 21.1. The first kappa shape index (κ1) is 23.8. The van der Waals surface area contributed by atoms with E-state index in [0.717, 1.165) is 29.9 Å². The molecule has 0 atom stereocenters. The molecule has 1 aromatic heterocycles. The molecule has 2 amide bonds. The maximum absolute atomic E-state index is 13.2. The number of rotatable bonds is 8. The van der Waals surface area contributed by atoms with Gasteiger partial charge in [0.05, 0.1) is 12.8 Å². The Bertz CT molecular complexity index is 1190. The van der Waals surface area contributed by atoms with Crippen molar-refractivity contribution in [2.24, 2.45) is 5.92 Å². The van der Waals surface area contributed by atoms with E-state index in [9.17, 15) is 9.59 Å². The van der Waals surface area contributed by atoms with Gasteiger partial charge >= 0.3 is 0 Å².